The molecule has 0 radical (unpaired) electrons. The standard InChI is InChI=1S/C29H24ClN3O4S2/c1-19-8-13-22(30)16-26(19)33(39(36,37)24-6-4-3-5-7-24)18-20-9-11-21(12-10-20)28(34)31-23-14-15-25-27(17-23)38-29(35)32(25)2/h3-17H,18H2,1-2H3,(H,31,34). The molecule has 39 heavy (non-hydrogen) atoms. The van der Waals surface area contributed by atoms with Crippen LogP contribution in [0.25, 0.3) is 10.2 Å². The molecule has 0 spiro atoms. The third-order valence-electron chi connectivity index (χ3n) is 6.36. The van der Waals surface area contributed by atoms with Gasteiger partial charge in [0.1, 0.15) is 0 Å². The third-order valence-corrected chi connectivity index (χ3v) is 9.37. The molecule has 0 aliphatic rings. The van der Waals surface area contributed by atoms with Crippen LogP contribution < -0.4 is 14.5 Å². The zero-order chi connectivity index (χ0) is 27.7. The summed E-state index contributed by atoms with van der Waals surface area (Å²) in [5.74, 6) is -0.316. The van der Waals surface area contributed by atoms with E-state index in [0.717, 1.165) is 27.1 Å². The fraction of sp³-hybridized carbons (Fsp3) is 0.103. The van der Waals surface area contributed by atoms with E-state index in [4.69, 9.17) is 11.6 Å². The number of thiazole rings is 1. The summed E-state index contributed by atoms with van der Waals surface area (Å²) in [6.45, 7) is 1.88. The van der Waals surface area contributed by atoms with Crippen molar-refractivity contribution >= 4 is 60.5 Å². The molecule has 0 atom stereocenters. The second kappa shape index (κ2) is 10.7. The van der Waals surface area contributed by atoms with E-state index in [2.05, 4.69) is 5.32 Å². The summed E-state index contributed by atoms with van der Waals surface area (Å²) in [6.07, 6.45) is 0. The molecular weight excluding hydrogens is 554 g/mol. The molecule has 0 bridgehead atoms. The van der Waals surface area contributed by atoms with Gasteiger partial charge in [0, 0.05) is 23.3 Å². The first-order chi connectivity index (χ1) is 18.6. The monoisotopic (exact) mass is 577 g/mol. The van der Waals surface area contributed by atoms with E-state index >= 15 is 0 Å². The number of nitrogens with one attached hydrogen (secondary N) is 1. The summed E-state index contributed by atoms with van der Waals surface area (Å²) in [4.78, 5) is 24.9. The van der Waals surface area contributed by atoms with Gasteiger partial charge in [-0.25, -0.2) is 8.42 Å². The summed E-state index contributed by atoms with van der Waals surface area (Å²) in [5, 5.41) is 3.29. The Morgan fingerprint density at radius 3 is 2.41 bits per heavy atom. The minimum Gasteiger partial charge on any atom is -0.322 e. The van der Waals surface area contributed by atoms with Gasteiger partial charge in [-0.05, 0) is 72.6 Å². The smallest absolute Gasteiger partial charge is 0.307 e. The third kappa shape index (κ3) is 5.47. The number of nitrogens with zero attached hydrogens (tertiary/aromatic N) is 2. The summed E-state index contributed by atoms with van der Waals surface area (Å²) in [5.41, 5.74) is 3.73. The van der Waals surface area contributed by atoms with Crippen molar-refractivity contribution in [1.82, 2.24) is 4.57 Å². The van der Waals surface area contributed by atoms with Crippen molar-refractivity contribution in [2.24, 2.45) is 7.05 Å². The first-order valence-electron chi connectivity index (χ1n) is 12.0. The van der Waals surface area contributed by atoms with Crippen LogP contribution in [-0.4, -0.2) is 18.9 Å². The van der Waals surface area contributed by atoms with Gasteiger partial charge in [-0.15, -0.1) is 0 Å². The molecule has 0 saturated carbocycles. The first kappa shape index (κ1) is 26.7. The van der Waals surface area contributed by atoms with Crippen molar-refractivity contribution in [3.63, 3.8) is 0 Å². The van der Waals surface area contributed by atoms with Crippen LogP contribution >= 0.6 is 22.9 Å². The van der Waals surface area contributed by atoms with Crippen LogP contribution in [0.1, 0.15) is 21.5 Å². The lowest BCUT2D eigenvalue weighted by atomic mass is 10.1. The Kier molecular flexibility index (Phi) is 7.31. The van der Waals surface area contributed by atoms with Crippen LogP contribution in [0.2, 0.25) is 5.02 Å². The molecule has 5 rings (SSSR count). The molecule has 0 fully saturated rings. The molecule has 4 aromatic carbocycles. The van der Waals surface area contributed by atoms with E-state index in [0.29, 0.717) is 27.5 Å². The van der Waals surface area contributed by atoms with Crippen LogP contribution in [0.3, 0.4) is 0 Å². The van der Waals surface area contributed by atoms with Gasteiger partial charge in [0.05, 0.1) is 27.3 Å². The number of aromatic nitrogens is 1. The van der Waals surface area contributed by atoms with Crippen molar-refractivity contribution in [1.29, 1.82) is 0 Å². The SMILES string of the molecule is Cc1ccc(Cl)cc1N(Cc1ccc(C(=O)Nc2ccc3c(c2)sc(=O)n3C)cc1)S(=O)(=O)c1ccccc1. The number of carbonyl (C=O) groups is 1. The van der Waals surface area contributed by atoms with Crippen molar-refractivity contribution < 1.29 is 13.2 Å². The van der Waals surface area contributed by atoms with Crippen molar-refractivity contribution in [2.75, 3.05) is 9.62 Å². The van der Waals surface area contributed by atoms with E-state index in [-0.39, 0.29) is 22.2 Å². The molecular formula is C29H24ClN3O4S2. The predicted molar refractivity (Wildman–Crippen MR) is 157 cm³/mol. The lowest BCUT2D eigenvalue weighted by molar-refractivity contribution is 0.102. The Labute approximate surface area is 235 Å². The summed E-state index contributed by atoms with van der Waals surface area (Å²) < 4.78 is 31.1. The molecule has 1 amide bonds. The highest BCUT2D eigenvalue weighted by molar-refractivity contribution is 7.92. The number of carbonyl (C=O) groups excluding carboxylic acids is 1. The molecule has 0 saturated heterocycles. The number of anilines is 2. The highest BCUT2D eigenvalue weighted by atomic mass is 35.5. The summed E-state index contributed by atoms with van der Waals surface area (Å²) in [6, 6.07) is 25.5. The number of benzene rings is 4. The molecule has 0 unspecified atom stereocenters. The van der Waals surface area contributed by atoms with Crippen LogP contribution in [0.5, 0.6) is 0 Å². The second-order valence-corrected chi connectivity index (χ2v) is 12.3. The van der Waals surface area contributed by atoms with Crippen LogP contribution in [0.15, 0.2) is 101 Å². The van der Waals surface area contributed by atoms with Crippen molar-refractivity contribution in [3.8, 4) is 0 Å². The molecule has 1 heterocycles. The van der Waals surface area contributed by atoms with E-state index in [1.807, 2.05) is 6.92 Å². The molecule has 10 heteroatoms. The zero-order valence-electron chi connectivity index (χ0n) is 21.1. The Morgan fingerprint density at radius 2 is 1.69 bits per heavy atom. The number of sulfonamides is 1. The van der Waals surface area contributed by atoms with E-state index in [1.165, 1.54) is 4.31 Å². The second-order valence-electron chi connectivity index (χ2n) is 9.02. The van der Waals surface area contributed by atoms with Crippen molar-refractivity contribution in [3.05, 3.63) is 122 Å². The maximum absolute atomic E-state index is 13.7. The lowest BCUT2D eigenvalue weighted by Gasteiger charge is -2.26. The lowest BCUT2D eigenvalue weighted by Crippen LogP contribution is -2.31. The Morgan fingerprint density at radius 1 is 0.974 bits per heavy atom. The Balaban J connectivity index is 1.41. The minimum absolute atomic E-state index is 0.0455. The van der Waals surface area contributed by atoms with E-state index in [9.17, 15) is 18.0 Å². The van der Waals surface area contributed by atoms with Gasteiger partial charge in [-0.1, -0.05) is 59.3 Å². The highest BCUT2D eigenvalue weighted by Crippen LogP contribution is 2.31. The Hall–Kier alpha value is -3.92. The molecule has 7 nitrogen and oxygen atoms in total. The Bertz CT molecular complexity index is 1850. The first-order valence-corrected chi connectivity index (χ1v) is 14.6. The van der Waals surface area contributed by atoms with Gasteiger partial charge in [0.2, 0.25) is 0 Å². The predicted octanol–water partition coefficient (Wildman–Crippen LogP) is 6.21. The fourth-order valence-electron chi connectivity index (χ4n) is 4.21. The van der Waals surface area contributed by atoms with Gasteiger partial charge in [-0.3, -0.25) is 13.9 Å². The average molecular weight is 578 g/mol. The molecule has 0 aliphatic heterocycles. The van der Waals surface area contributed by atoms with Gasteiger partial charge >= 0.3 is 4.87 Å². The molecule has 0 aliphatic carbocycles. The summed E-state index contributed by atoms with van der Waals surface area (Å²) in [7, 11) is -2.20. The van der Waals surface area contributed by atoms with Gasteiger partial charge < -0.3 is 9.88 Å². The topological polar surface area (TPSA) is 88.5 Å². The minimum atomic E-state index is -3.91. The number of fused-ring (bicyclic) bond motifs is 1. The summed E-state index contributed by atoms with van der Waals surface area (Å²) >= 11 is 7.36. The number of rotatable bonds is 7. The van der Waals surface area contributed by atoms with Gasteiger partial charge in [0.15, 0.2) is 0 Å². The number of hydrogen-bond donors (Lipinski definition) is 1. The number of amides is 1. The molecule has 198 valence electrons. The molecule has 1 aromatic heterocycles. The van der Waals surface area contributed by atoms with Gasteiger partial charge in [-0.2, -0.15) is 0 Å². The van der Waals surface area contributed by atoms with E-state index in [1.54, 1.807) is 103 Å². The fourth-order valence-corrected chi connectivity index (χ4v) is 6.83. The van der Waals surface area contributed by atoms with E-state index < -0.39 is 10.0 Å². The van der Waals surface area contributed by atoms with Crippen LogP contribution in [0.4, 0.5) is 11.4 Å². The maximum atomic E-state index is 13.7. The number of halogens is 1. The zero-order valence-corrected chi connectivity index (χ0v) is 23.5. The largest absolute Gasteiger partial charge is 0.322 e. The van der Waals surface area contributed by atoms with Crippen molar-refractivity contribution in [2.45, 2.75) is 18.4 Å². The molecule has 1 N–H and O–H groups in total. The average Bonchev–Trinajstić information content (AvgIpc) is 3.21. The molecule has 5 aromatic rings. The quantitative estimate of drug-likeness (QED) is 0.249. The van der Waals surface area contributed by atoms with Gasteiger partial charge in [0.25, 0.3) is 15.9 Å². The maximum Gasteiger partial charge on any atom is 0.307 e. The number of aryl methyl sites for hydroxylation is 2. The normalized spacial score (nSPS) is 11.5. The number of hydrogen-bond acceptors (Lipinski definition) is 5. The van der Waals surface area contributed by atoms with Crippen LogP contribution in [-0.2, 0) is 23.6 Å². The highest BCUT2D eigenvalue weighted by Gasteiger charge is 2.26. The van der Waals surface area contributed by atoms with Crippen LogP contribution in [0, 0.1) is 6.92 Å².